The van der Waals surface area contributed by atoms with Gasteiger partial charge >= 0.3 is 6.01 Å². The Labute approximate surface area is 252 Å². The van der Waals surface area contributed by atoms with E-state index >= 15 is 4.39 Å². The molecule has 0 saturated carbocycles. The molecule has 2 N–H and O–H groups in total. The average molecular weight is 604 g/mol. The third-order valence-electron chi connectivity index (χ3n) is 9.47. The number of phenolic OH excluding ortho intramolecular Hbond substituents is 1. The predicted octanol–water partition coefficient (Wildman–Crippen LogP) is 5.12. The lowest BCUT2D eigenvalue weighted by atomic mass is 9.93. The van der Waals surface area contributed by atoms with Crippen molar-refractivity contribution in [3.8, 4) is 35.4 Å². The van der Waals surface area contributed by atoms with E-state index in [9.17, 15) is 19.0 Å². The summed E-state index contributed by atoms with van der Waals surface area (Å²) in [6.07, 6.45) is 9.21. The lowest BCUT2D eigenvalue weighted by Gasteiger charge is -2.37. The van der Waals surface area contributed by atoms with Gasteiger partial charge in [0.1, 0.15) is 41.4 Å². The molecule has 228 valence electrons. The maximum atomic E-state index is 16.7. The number of aliphatic hydroxyl groups is 1. The van der Waals surface area contributed by atoms with Crippen molar-refractivity contribution >= 4 is 27.5 Å². The first-order valence-corrected chi connectivity index (χ1v) is 14.9. The molecule has 0 radical (unpaired) electrons. The molecule has 2 atom stereocenters. The number of terminal acetylenes is 1. The van der Waals surface area contributed by atoms with Crippen molar-refractivity contribution < 1.29 is 28.1 Å². The molecule has 11 heteroatoms. The van der Waals surface area contributed by atoms with Crippen LogP contribution < -0.4 is 9.64 Å². The molecule has 44 heavy (non-hydrogen) atoms. The first-order chi connectivity index (χ1) is 21.1. The van der Waals surface area contributed by atoms with E-state index in [1.54, 1.807) is 6.92 Å². The van der Waals surface area contributed by atoms with E-state index in [-0.39, 0.29) is 46.1 Å². The molecule has 5 heterocycles. The number of hydrogen-bond donors (Lipinski definition) is 2. The Hall–Kier alpha value is -4.14. The molecular weight excluding hydrogens is 571 g/mol. The number of nitrogens with zero attached hydrogens (tertiary/aromatic N) is 5. The van der Waals surface area contributed by atoms with Crippen LogP contribution in [-0.2, 0) is 0 Å². The van der Waals surface area contributed by atoms with Crippen LogP contribution in [0.3, 0.4) is 0 Å². The van der Waals surface area contributed by atoms with Gasteiger partial charge in [0.05, 0.1) is 22.1 Å². The van der Waals surface area contributed by atoms with Gasteiger partial charge in [0, 0.05) is 43.2 Å². The summed E-state index contributed by atoms with van der Waals surface area (Å²) in [5, 5.41) is 22.0. The van der Waals surface area contributed by atoms with E-state index in [2.05, 4.69) is 25.8 Å². The van der Waals surface area contributed by atoms with Crippen molar-refractivity contribution in [3.05, 3.63) is 47.7 Å². The molecule has 0 aliphatic carbocycles. The molecular formula is C33H32F3N5O3. The molecule has 0 unspecified atom stereocenters. The number of aromatic hydroxyl groups is 1. The first-order valence-electron chi connectivity index (χ1n) is 14.9. The fourth-order valence-electron chi connectivity index (χ4n) is 7.12. The highest BCUT2D eigenvalue weighted by Crippen LogP contribution is 2.42. The highest BCUT2D eigenvalue weighted by Gasteiger charge is 2.49. The van der Waals surface area contributed by atoms with Crippen molar-refractivity contribution in [1.29, 1.82) is 0 Å². The zero-order valence-corrected chi connectivity index (χ0v) is 24.3. The Morgan fingerprint density at radius 2 is 1.93 bits per heavy atom. The molecule has 0 spiro atoms. The maximum absolute atomic E-state index is 16.7. The van der Waals surface area contributed by atoms with E-state index in [1.807, 2.05) is 4.90 Å². The first kappa shape index (κ1) is 28.6. The summed E-state index contributed by atoms with van der Waals surface area (Å²) < 4.78 is 52.0. The van der Waals surface area contributed by atoms with Gasteiger partial charge in [0.25, 0.3) is 0 Å². The van der Waals surface area contributed by atoms with E-state index in [0.29, 0.717) is 55.5 Å². The third kappa shape index (κ3) is 4.77. The number of hydrogen-bond acceptors (Lipinski definition) is 8. The molecule has 0 amide bonds. The van der Waals surface area contributed by atoms with Crippen molar-refractivity contribution in [3.63, 3.8) is 0 Å². The van der Waals surface area contributed by atoms with Crippen LogP contribution in [0.2, 0.25) is 0 Å². The second-order valence-electron chi connectivity index (χ2n) is 12.5. The van der Waals surface area contributed by atoms with Crippen LogP contribution in [0.5, 0.6) is 11.8 Å². The highest BCUT2D eigenvalue weighted by atomic mass is 19.1. The molecule has 4 aromatic rings. The van der Waals surface area contributed by atoms with Gasteiger partial charge in [-0.15, -0.1) is 6.42 Å². The number of halogens is 3. The van der Waals surface area contributed by atoms with E-state index in [1.165, 1.54) is 30.5 Å². The maximum Gasteiger partial charge on any atom is 0.319 e. The summed E-state index contributed by atoms with van der Waals surface area (Å²) >= 11 is 0. The number of fused-ring (bicyclic) bond motifs is 3. The van der Waals surface area contributed by atoms with Crippen LogP contribution >= 0.6 is 0 Å². The van der Waals surface area contributed by atoms with Crippen LogP contribution in [0.15, 0.2) is 30.5 Å². The minimum Gasteiger partial charge on any atom is -0.508 e. The molecule has 3 fully saturated rings. The monoisotopic (exact) mass is 603 g/mol. The summed E-state index contributed by atoms with van der Waals surface area (Å²) in [6, 6.07) is 5.33. The second-order valence-corrected chi connectivity index (χ2v) is 12.5. The molecule has 7 rings (SSSR count). The largest absolute Gasteiger partial charge is 0.508 e. The highest BCUT2D eigenvalue weighted by molar-refractivity contribution is 6.03. The molecule has 3 aliphatic heterocycles. The van der Waals surface area contributed by atoms with Gasteiger partial charge in [0.15, 0.2) is 5.82 Å². The lowest BCUT2D eigenvalue weighted by molar-refractivity contribution is 0.0350. The molecule has 2 aromatic carbocycles. The van der Waals surface area contributed by atoms with Crippen LogP contribution in [0.1, 0.15) is 44.6 Å². The van der Waals surface area contributed by atoms with Crippen LogP contribution in [-0.4, -0.2) is 80.2 Å². The molecule has 8 nitrogen and oxygen atoms in total. The topological polar surface area (TPSA) is 94.8 Å². The molecule has 2 aromatic heterocycles. The van der Waals surface area contributed by atoms with E-state index < -0.39 is 28.9 Å². The van der Waals surface area contributed by atoms with Crippen LogP contribution in [0.4, 0.5) is 19.0 Å². The number of piperidine rings is 1. The zero-order valence-electron chi connectivity index (χ0n) is 24.3. The predicted molar refractivity (Wildman–Crippen MR) is 160 cm³/mol. The quantitative estimate of drug-likeness (QED) is 0.304. The Kier molecular flexibility index (Phi) is 6.83. The Morgan fingerprint density at radius 1 is 1.14 bits per heavy atom. The number of anilines is 1. The van der Waals surface area contributed by atoms with Crippen molar-refractivity contribution in [2.45, 2.75) is 56.3 Å². The van der Waals surface area contributed by atoms with Crippen molar-refractivity contribution in [2.75, 3.05) is 37.7 Å². The van der Waals surface area contributed by atoms with Crippen molar-refractivity contribution in [2.24, 2.45) is 0 Å². The summed E-state index contributed by atoms with van der Waals surface area (Å²) in [7, 11) is 0. The summed E-state index contributed by atoms with van der Waals surface area (Å²) in [6.45, 7) is 4.03. The van der Waals surface area contributed by atoms with Crippen LogP contribution in [0, 0.1) is 24.0 Å². The van der Waals surface area contributed by atoms with Gasteiger partial charge in [0.2, 0.25) is 0 Å². The lowest BCUT2D eigenvalue weighted by Crippen LogP contribution is -2.44. The Bertz CT molecular complexity index is 1830. The number of benzene rings is 2. The van der Waals surface area contributed by atoms with E-state index in [0.717, 1.165) is 19.4 Å². The summed E-state index contributed by atoms with van der Waals surface area (Å²) in [5.74, 6) is 1.12. The number of ether oxygens (including phenoxy) is 1. The number of aromatic nitrogens is 3. The normalized spacial score (nSPS) is 23.3. The zero-order chi connectivity index (χ0) is 30.8. The van der Waals surface area contributed by atoms with E-state index in [4.69, 9.17) is 11.2 Å². The molecule has 3 aliphatic rings. The fourth-order valence-corrected chi connectivity index (χ4v) is 7.12. The summed E-state index contributed by atoms with van der Waals surface area (Å²) in [4.78, 5) is 17.7. The van der Waals surface area contributed by atoms with Gasteiger partial charge in [-0.2, -0.15) is 9.97 Å². The minimum atomic E-state index is -0.936. The fraction of sp³-hybridized carbons (Fsp3) is 0.424. The SMILES string of the molecule is C#Cc1c(F)ccc2cc(O)cc(-c3ncc4c(N5CCC(C)(O)CC5)nc(OC[C@@]56CCCN5C[C@H](F)C6)nc4c3F)c12. The Balaban J connectivity index is 1.37. The van der Waals surface area contributed by atoms with Gasteiger partial charge < -0.3 is 19.8 Å². The van der Waals surface area contributed by atoms with Gasteiger partial charge in [-0.25, -0.2) is 13.2 Å². The number of rotatable bonds is 5. The number of pyridine rings is 1. The van der Waals surface area contributed by atoms with Gasteiger partial charge in [-0.3, -0.25) is 9.88 Å². The molecule has 3 saturated heterocycles. The minimum absolute atomic E-state index is 0.0551. The van der Waals surface area contributed by atoms with Gasteiger partial charge in [-0.1, -0.05) is 12.0 Å². The smallest absolute Gasteiger partial charge is 0.319 e. The standard InChI is InChI=1S/C33H32F3N5O3/c1-3-22-25(35)6-5-19-13-21(42)14-23(26(19)22)28-27(36)29-24(16-37-28)30(40-11-8-32(2,43)9-12-40)39-31(38-29)44-18-33-7-4-10-41(33)17-20(34)15-33/h1,5-6,13-14,16,20,42-43H,4,7-12,15,17-18H2,2H3/t20-,33+/m1/s1. The van der Waals surface area contributed by atoms with Gasteiger partial charge in [-0.05, 0) is 62.7 Å². The van der Waals surface area contributed by atoms with Crippen LogP contribution in [0.25, 0.3) is 32.9 Å². The van der Waals surface area contributed by atoms with Crippen molar-refractivity contribution in [1.82, 2.24) is 19.9 Å². The summed E-state index contributed by atoms with van der Waals surface area (Å²) in [5.41, 5.74) is -1.49. The number of alkyl halides is 1. The third-order valence-corrected chi connectivity index (χ3v) is 9.47. The second kappa shape index (κ2) is 10.5. The average Bonchev–Trinajstić information content (AvgIpc) is 3.51. The number of phenols is 1. The molecule has 0 bridgehead atoms. The Morgan fingerprint density at radius 3 is 2.70 bits per heavy atom.